The Morgan fingerprint density at radius 3 is 2.16 bits per heavy atom. The second kappa shape index (κ2) is 16.0. The molecule has 12 heteroatoms. The SMILES string of the molecule is COc1ccc(N(Cc2ccc(C(=O)O[C@H](Cc3c(Cl)cncc3Cl)c3ccc(OC)c(OC)c3)cc2)C(=O)O[C@H]2CN3CCC2CC3)cc1. The Morgan fingerprint density at radius 1 is 0.880 bits per heavy atom. The number of benzene rings is 3. The van der Waals surface area contributed by atoms with Crippen LogP contribution in [0.2, 0.25) is 10.0 Å². The van der Waals surface area contributed by atoms with Crippen molar-refractivity contribution < 1.29 is 33.3 Å². The van der Waals surface area contributed by atoms with E-state index in [-0.39, 0.29) is 19.1 Å². The lowest BCUT2D eigenvalue weighted by atomic mass is 9.86. The zero-order chi connectivity index (χ0) is 35.2. The van der Waals surface area contributed by atoms with Crippen LogP contribution in [0.15, 0.2) is 79.1 Å². The van der Waals surface area contributed by atoms with Gasteiger partial charge in [-0.15, -0.1) is 0 Å². The number of hydrogen-bond donors (Lipinski definition) is 0. The standard InChI is InChI=1S/C38H39Cl2N3O7/c1-46-29-11-9-28(10-12-29)43(38(45)50-36-23-42-16-14-25(36)15-17-42)22-24-4-6-26(7-5-24)37(44)49-34(19-30-31(39)20-41-21-32(30)40)27-8-13-33(47-2)35(18-27)48-3/h4-13,18,20-21,25,34,36H,14-17,19,22-23H2,1-3H3/t34-,36+/m1/s1. The number of amides is 1. The molecule has 3 aromatic carbocycles. The van der Waals surface area contributed by atoms with E-state index < -0.39 is 18.2 Å². The Hall–Kier alpha value is -4.51. The highest BCUT2D eigenvalue weighted by Crippen LogP contribution is 2.36. The van der Waals surface area contributed by atoms with Crippen molar-refractivity contribution in [3.05, 3.63) is 111 Å². The fourth-order valence-corrected chi connectivity index (χ4v) is 7.00. The maximum atomic E-state index is 13.7. The molecule has 262 valence electrons. The number of rotatable bonds is 12. The Bertz CT molecular complexity index is 1780. The molecule has 2 bridgehead atoms. The fourth-order valence-electron chi connectivity index (χ4n) is 6.49. The first-order chi connectivity index (χ1) is 24.3. The van der Waals surface area contributed by atoms with Crippen LogP contribution in [0.3, 0.4) is 0 Å². The molecule has 2 atom stereocenters. The van der Waals surface area contributed by atoms with Crippen molar-refractivity contribution in [3.8, 4) is 17.2 Å². The summed E-state index contributed by atoms with van der Waals surface area (Å²) >= 11 is 12.9. The van der Waals surface area contributed by atoms with E-state index in [0.717, 1.165) is 38.0 Å². The number of carbonyl (C=O) groups excluding carboxylic acids is 2. The van der Waals surface area contributed by atoms with Crippen molar-refractivity contribution in [2.45, 2.75) is 38.0 Å². The molecule has 0 N–H and O–H groups in total. The largest absolute Gasteiger partial charge is 0.497 e. The van der Waals surface area contributed by atoms with E-state index in [4.69, 9.17) is 46.9 Å². The third-order valence-electron chi connectivity index (χ3n) is 9.35. The Balaban J connectivity index is 1.21. The van der Waals surface area contributed by atoms with E-state index in [2.05, 4.69) is 9.88 Å². The minimum atomic E-state index is -0.772. The number of esters is 1. The topological polar surface area (TPSA) is 99.7 Å². The number of anilines is 1. The van der Waals surface area contributed by atoms with Gasteiger partial charge < -0.3 is 23.7 Å². The molecule has 0 saturated carbocycles. The highest BCUT2D eigenvalue weighted by Gasteiger charge is 2.37. The summed E-state index contributed by atoms with van der Waals surface area (Å²) in [5.41, 5.74) is 3.06. The fraction of sp³-hybridized carbons (Fsp3) is 0.342. The Labute approximate surface area is 301 Å². The van der Waals surface area contributed by atoms with Gasteiger partial charge in [-0.2, -0.15) is 0 Å². The third-order valence-corrected chi connectivity index (χ3v) is 10.0. The summed E-state index contributed by atoms with van der Waals surface area (Å²) in [4.78, 5) is 35.3. The number of carbonyl (C=O) groups is 2. The Morgan fingerprint density at radius 2 is 1.56 bits per heavy atom. The van der Waals surface area contributed by atoms with Gasteiger partial charge in [0.05, 0.1) is 43.5 Å². The van der Waals surface area contributed by atoms with E-state index in [1.54, 1.807) is 61.6 Å². The lowest BCUT2D eigenvalue weighted by molar-refractivity contribution is -0.0311. The number of ether oxygens (including phenoxy) is 5. The molecule has 0 spiro atoms. The third kappa shape index (κ3) is 8.09. The normalized spacial score (nSPS) is 18.5. The van der Waals surface area contributed by atoms with Crippen LogP contribution in [-0.2, 0) is 22.4 Å². The minimum absolute atomic E-state index is 0.140. The van der Waals surface area contributed by atoms with Crippen LogP contribution >= 0.6 is 23.2 Å². The molecule has 4 heterocycles. The molecular weight excluding hydrogens is 681 g/mol. The highest BCUT2D eigenvalue weighted by molar-refractivity contribution is 6.35. The molecule has 3 aliphatic rings. The summed E-state index contributed by atoms with van der Waals surface area (Å²) in [5, 5.41) is 0.716. The molecule has 3 aliphatic heterocycles. The van der Waals surface area contributed by atoms with Crippen molar-refractivity contribution in [2.75, 3.05) is 45.9 Å². The van der Waals surface area contributed by atoms with Gasteiger partial charge >= 0.3 is 12.1 Å². The van der Waals surface area contributed by atoms with E-state index in [1.807, 2.05) is 24.3 Å². The molecule has 1 amide bonds. The van der Waals surface area contributed by atoms with Crippen molar-refractivity contribution in [1.29, 1.82) is 0 Å². The molecule has 0 aliphatic carbocycles. The van der Waals surface area contributed by atoms with Gasteiger partial charge in [0.1, 0.15) is 18.0 Å². The van der Waals surface area contributed by atoms with E-state index in [1.165, 1.54) is 19.5 Å². The van der Waals surface area contributed by atoms with Crippen LogP contribution in [0, 0.1) is 5.92 Å². The average molecular weight is 721 g/mol. The molecule has 1 aromatic heterocycles. The second-order valence-corrected chi connectivity index (χ2v) is 13.1. The summed E-state index contributed by atoms with van der Waals surface area (Å²) in [5.74, 6) is 1.53. The number of piperidine rings is 3. The van der Waals surface area contributed by atoms with Gasteiger partial charge in [0.2, 0.25) is 0 Å². The van der Waals surface area contributed by atoms with E-state index in [9.17, 15) is 9.59 Å². The Kier molecular flexibility index (Phi) is 11.3. The number of nitrogens with zero attached hydrogens (tertiary/aromatic N) is 3. The number of fused-ring (bicyclic) bond motifs is 3. The zero-order valence-electron chi connectivity index (χ0n) is 28.1. The van der Waals surface area contributed by atoms with E-state index >= 15 is 0 Å². The van der Waals surface area contributed by atoms with Gasteiger partial charge in [-0.25, -0.2) is 9.59 Å². The summed E-state index contributed by atoms with van der Waals surface area (Å²) < 4.78 is 28.4. The van der Waals surface area contributed by atoms with Gasteiger partial charge in [0.25, 0.3) is 0 Å². The monoisotopic (exact) mass is 719 g/mol. The van der Waals surface area contributed by atoms with Crippen LogP contribution in [0.4, 0.5) is 10.5 Å². The molecule has 0 unspecified atom stereocenters. The molecule has 4 aromatic rings. The number of methoxy groups -OCH3 is 3. The van der Waals surface area contributed by atoms with Crippen molar-refractivity contribution in [2.24, 2.45) is 5.92 Å². The number of hydrogen-bond acceptors (Lipinski definition) is 9. The first-order valence-corrected chi connectivity index (χ1v) is 17.2. The van der Waals surface area contributed by atoms with Crippen LogP contribution in [0.5, 0.6) is 17.2 Å². The molecule has 0 radical (unpaired) electrons. The van der Waals surface area contributed by atoms with Crippen molar-refractivity contribution >= 4 is 41.0 Å². The van der Waals surface area contributed by atoms with Gasteiger partial charge in [-0.3, -0.25) is 14.8 Å². The van der Waals surface area contributed by atoms with Gasteiger partial charge in [-0.1, -0.05) is 41.4 Å². The first kappa shape index (κ1) is 35.3. The number of aromatic nitrogens is 1. The first-order valence-electron chi connectivity index (χ1n) is 16.4. The molecule has 50 heavy (non-hydrogen) atoms. The van der Waals surface area contributed by atoms with Gasteiger partial charge in [0.15, 0.2) is 11.5 Å². The molecule has 7 rings (SSSR count). The van der Waals surface area contributed by atoms with Crippen LogP contribution < -0.4 is 19.1 Å². The molecule has 3 saturated heterocycles. The van der Waals surface area contributed by atoms with Crippen LogP contribution in [0.1, 0.15) is 46.0 Å². The summed E-state index contributed by atoms with van der Waals surface area (Å²) in [6, 6.07) is 19.5. The highest BCUT2D eigenvalue weighted by atomic mass is 35.5. The van der Waals surface area contributed by atoms with Crippen molar-refractivity contribution in [1.82, 2.24) is 9.88 Å². The molecule has 3 fully saturated rings. The van der Waals surface area contributed by atoms with Crippen LogP contribution in [-0.4, -0.2) is 69.0 Å². The maximum Gasteiger partial charge on any atom is 0.414 e. The minimum Gasteiger partial charge on any atom is -0.497 e. The average Bonchev–Trinajstić information content (AvgIpc) is 3.15. The summed E-state index contributed by atoms with van der Waals surface area (Å²) in [6.07, 6.45) is 3.93. The lowest BCUT2D eigenvalue weighted by Crippen LogP contribution is -2.53. The van der Waals surface area contributed by atoms with Crippen molar-refractivity contribution in [3.63, 3.8) is 0 Å². The van der Waals surface area contributed by atoms with Gasteiger partial charge in [0, 0.05) is 31.0 Å². The molecular formula is C38H39Cl2N3O7. The smallest absolute Gasteiger partial charge is 0.414 e. The second-order valence-electron chi connectivity index (χ2n) is 12.3. The quantitative estimate of drug-likeness (QED) is 0.136. The number of halogens is 2. The summed E-state index contributed by atoms with van der Waals surface area (Å²) in [6.45, 7) is 3.09. The molecule has 10 nitrogen and oxygen atoms in total. The lowest BCUT2D eigenvalue weighted by Gasteiger charge is -2.44. The number of pyridine rings is 1. The van der Waals surface area contributed by atoms with E-state index in [0.29, 0.717) is 55.6 Å². The van der Waals surface area contributed by atoms with Crippen LogP contribution in [0.25, 0.3) is 0 Å². The maximum absolute atomic E-state index is 13.7. The summed E-state index contributed by atoms with van der Waals surface area (Å²) in [7, 11) is 4.68. The van der Waals surface area contributed by atoms with Gasteiger partial charge in [-0.05, 0) is 97.1 Å². The zero-order valence-corrected chi connectivity index (χ0v) is 29.7. The predicted octanol–water partition coefficient (Wildman–Crippen LogP) is 7.79. The predicted molar refractivity (Wildman–Crippen MR) is 191 cm³/mol.